The standard InChI is InChI=1S/C16H13ClN2O5/c1-10-4-2-3-5-13(10)18-15(20)9-24-16(21)11-6-7-12(17)14(8-11)19(22)23/h2-8H,9H2,1H3,(H,18,20). The molecule has 0 atom stereocenters. The first kappa shape index (κ1) is 17.4. The van der Waals surface area contributed by atoms with Crippen LogP contribution in [-0.2, 0) is 9.53 Å². The highest BCUT2D eigenvalue weighted by atomic mass is 35.5. The lowest BCUT2D eigenvalue weighted by Gasteiger charge is -2.08. The highest BCUT2D eigenvalue weighted by Gasteiger charge is 2.18. The van der Waals surface area contributed by atoms with Gasteiger partial charge in [-0.15, -0.1) is 0 Å². The normalized spacial score (nSPS) is 10.1. The van der Waals surface area contributed by atoms with E-state index in [0.29, 0.717) is 5.69 Å². The monoisotopic (exact) mass is 348 g/mol. The lowest BCUT2D eigenvalue weighted by Crippen LogP contribution is -2.21. The van der Waals surface area contributed by atoms with Crippen LogP contribution >= 0.6 is 11.6 Å². The summed E-state index contributed by atoms with van der Waals surface area (Å²) in [6.07, 6.45) is 0. The number of aryl methyl sites for hydroxylation is 1. The number of rotatable bonds is 5. The van der Waals surface area contributed by atoms with Gasteiger partial charge in [0.15, 0.2) is 6.61 Å². The number of hydrogen-bond donors (Lipinski definition) is 1. The van der Waals surface area contributed by atoms with Crippen LogP contribution in [0.4, 0.5) is 11.4 Å². The van der Waals surface area contributed by atoms with Gasteiger partial charge in [-0.25, -0.2) is 4.79 Å². The largest absolute Gasteiger partial charge is 0.452 e. The molecule has 0 aliphatic carbocycles. The summed E-state index contributed by atoms with van der Waals surface area (Å²) in [5.41, 5.74) is 1.01. The molecule has 1 amide bonds. The van der Waals surface area contributed by atoms with Crippen LogP contribution in [0.3, 0.4) is 0 Å². The van der Waals surface area contributed by atoms with E-state index in [9.17, 15) is 19.7 Å². The van der Waals surface area contributed by atoms with Gasteiger partial charge in [-0.1, -0.05) is 29.8 Å². The Hall–Kier alpha value is -2.93. The molecule has 0 bridgehead atoms. The zero-order valence-corrected chi connectivity index (χ0v) is 13.4. The van der Waals surface area contributed by atoms with Gasteiger partial charge in [-0.2, -0.15) is 0 Å². The van der Waals surface area contributed by atoms with Crippen LogP contribution in [-0.4, -0.2) is 23.4 Å². The molecule has 0 aliphatic rings. The van der Waals surface area contributed by atoms with Crippen molar-refractivity contribution in [2.45, 2.75) is 6.92 Å². The van der Waals surface area contributed by atoms with Gasteiger partial charge in [0.2, 0.25) is 0 Å². The third kappa shape index (κ3) is 4.30. The van der Waals surface area contributed by atoms with E-state index in [1.807, 2.05) is 19.1 Å². The number of anilines is 1. The summed E-state index contributed by atoms with van der Waals surface area (Å²) in [4.78, 5) is 33.8. The Labute approximate surface area is 142 Å². The number of nitro groups is 1. The van der Waals surface area contributed by atoms with Crippen molar-refractivity contribution in [1.82, 2.24) is 0 Å². The Morgan fingerprint density at radius 1 is 1.25 bits per heavy atom. The lowest BCUT2D eigenvalue weighted by atomic mass is 10.2. The second-order valence-corrected chi connectivity index (χ2v) is 5.27. The zero-order valence-electron chi connectivity index (χ0n) is 12.6. The van der Waals surface area contributed by atoms with E-state index >= 15 is 0 Å². The van der Waals surface area contributed by atoms with Gasteiger partial charge < -0.3 is 10.1 Å². The number of carbonyl (C=O) groups is 2. The second kappa shape index (κ2) is 7.56. The number of nitrogens with one attached hydrogen (secondary N) is 1. The molecule has 1 N–H and O–H groups in total. The van der Waals surface area contributed by atoms with Crippen molar-refractivity contribution >= 4 is 34.9 Å². The number of esters is 1. The van der Waals surface area contributed by atoms with Crippen LogP contribution < -0.4 is 5.32 Å². The summed E-state index contributed by atoms with van der Waals surface area (Å²) >= 11 is 5.67. The average molecular weight is 349 g/mol. The number of amides is 1. The average Bonchev–Trinajstić information content (AvgIpc) is 2.55. The fraction of sp³-hybridized carbons (Fsp3) is 0.125. The number of carbonyl (C=O) groups excluding carboxylic acids is 2. The highest BCUT2D eigenvalue weighted by Crippen LogP contribution is 2.25. The molecule has 0 saturated carbocycles. The lowest BCUT2D eigenvalue weighted by molar-refractivity contribution is -0.384. The van der Waals surface area contributed by atoms with Gasteiger partial charge in [0.05, 0.1) is 10.5 Å². The fourth-order valence-electron chi connectivity index (χ4n) is 1.89. The van der Waals surface area contributed by atoms with Crippen molar-refractivity contribution in [1.29, 1.82) is 0 Å². The number of benzene rings is 2. The maximum absolute atomic E-state index is 11.9. The third-order valence-electron chi connectivity index (χ3n) is 3.13. The summed E-state index contributed by atoms with van der Waals surface area (Å²) < 4.78 is 4.86. The van der Waals surface area contributed by atoms with E-state index in [2.05, 4.69) is 5.32 Å². The van der Waals surface area contributed by atoms with Crippen LogP contribution in [0.15, 0.2) is 42.5 Å². The highest BCUT2D eigenvalue weighted by molar-refractivity contribution is 6.32. The van der Waals surface area contributed by atoms with Crippen LogP contribution in [0.25, 0.3) is 0 Å². The van der Waals surface area contributed by atoms with E-state index in [1.165, 1.54) is 12.1 Å². The van der Waals surface area contributed by atoms with Crippen molar-refractivity contribution in [2.24, 2.45) is 0 Å². The van der Waals surface area contributed by atoms with Gasteiger partial charge in [0.1, 0.15) is 5.02 Å². The Morgan fingerprint density at radius 2 is 1.96 bits per heavy atom. The number of hydrogen-bond acceptors (Lipinski definition) is 5. The van der Waals surface area contributed by atoms with Crippen molar-refractivity contribution in [3.05, 3.63) is 68.7 Å². The maximum atomic E-state index is 11.9. The summed E-state index contributed by atoms with van der Waals surface area (Å²) in [7, 11) is 0. The first-order chi connectivity index (χ1) is 11.4. The van der Waals surface area contributed by atoms with Crippen molar-refractivity contribution in [3.63, 3.8) is 0 Å². The Morgan fingerprint density at radius 3 is 2.62 bits per heavy atom. The summed E-state index contributed by atoms with van der Waals surface area (Å²) in [5.74, 6) is -1.36. The van der Waals surface area contributed by atoms with Gasteiger partial charge in [-0.3, -0.25) is 14.9 Å². The van der Waals surface area contributed by atoms with Crippen molar-refractivity contribution in [2.75, 3.05) is 11.9 Å². The number of halogens is 1. The molecule has 0 radical (unpaired) electrons. The second-order valence-electron chi connectivity index (χ2n) is 4.86. The predicted octanol–water partition coefficient (Wildman–Crippen LogP) is 3.35. The molecule has 0 fully saturated rings. The summed E-state index contributed by atoms with van der Waals surface area (Å²) in [6.45, 7) is 1.32. The van der Waals surface area contributed by atoms with Crippen LogP contribution in [0.5, 0.6) is 0 Å². The van der Waals surface area contributed by atoms with Crippen molar-refractivity contribution in [3.8, 4) is 0 Å². The third-order valence-corrected chi connectivity index (χ3v) is 3.45. The Kier molecular flexibility index (Phi) is 5.49. The molecule has 2 aromatic carbocycles. The quantitative estimate of drug-likeness (QED) is 0.507. The van der Waals surface area contributed by atoms with Crippen LogP contribution in [0.2, 0.25) is 5.02 Å². The molecular weight excluding hydrogens is 336 g/mol. The number of nitrogens with zero attached hydrogens (tertiary/aromatic N) is 1. The minimum Gasteiger partial charge on any atom is -0.452 e. The van der Waals surface area contributed by atoms with Gasteiger partial charge in [0, 0.05) is 11.8 Å². The predicted molar refractivity (Wildman–Crippen MR) is 88.2 cm³/mol. The molecule has 8 heteroatoms. The molecule has 0 aromatic heterocycles. The van der Waals surface area contributed by atoms with Gasteiger partial charge in [0.25, 0.3) is 11.6 Å². The summed E-state index contributed by atoms with van der Waals surface area (Å²) in [6, 6.07) is 10.7. The molecule has 7 nitrogen and oxygen atoms in total. The molecular formula is C16H13ClN2O5. The molecule has 0 heterocycles. The van der Waals surface area contributed by atoms with Gasteiger partial charge >= 0.3 is 5.97 Å². The molecule has 0 unspecified atom stereocenters. The van der Waals surface area contributed by atoms with Crippen molar-refractivity contribution < 1.29 is 19.2 Å². The SMILES string of the molecule is Cc1ccccc1NC(=O)COC(=O)c1ccc(Cl)c([N+](=O)[O-])c1. The first-order valence-corrected chi connectivity index (χ1v) is 7.23. The van der Waals surface area contributed by atoms with Crippen LogP contribution in [0, 0.1) is 17.0 Å². The first-order valence-electron chi connectivity index (χ1n) is 6.85. The molecule has 2 aromatic rings. The molecule has 2 rings (SSSR count). The van der Waals surface area contributed by atoms with E-state index in [0.717, 1.165) is 11.6 Å². The molecule has 0 spiro atoms. The van der Waals surface area contributed by atoms with E-state index in [4.69, 9.17) is 16.3 Å². The smallest absolute Gasteiger partial charge is 0.338 e. The number of ether oxygens (including phenoxy) is 1. The molecule has 124 valence electrons. The minimum absolute atomic E-state index is 0.0604. The van der Waals surface area contributed by atoms with Crippen LogP contribution in [0.1, 0.15) is 15.9 Å². The number of para-hydroxylation sites is 1. The zero-order chi connectivity index (χ0) is 17.7. The van der Waals surface area contributed by atoms with E-state index in [-0.39, 0.29) is 10.6 Å². The molecule has 0 aliphatic heterocycles. The molecule has 0 saturated heterocycles. The molecule has 24 heavy (non-hydrogen) atoms. The van der Waals surface area contributed by atoms with Gasteiger partial charge in [-0.05, 0) is 30.7 Å². The maximum Gasteiger partial charge on any atom is 0.338 e. The Bertz CT molecular complexity index is 807. The number of nitro benzene ring substituents is 1. The summed E-state index contributed by atoms with van der Waals surface area (Å²) in [5, 5.41) is 13.3. The van der Waals surface area contributed by atoms with E-state index < -0.39 is 29.1 Å². The Balaban J connectivity index is 1.98. The topological polar surface area (TPSA) is 98.5 Å². The fourth-order valence-corrected chi connectivity index (χ4v) is 2.08. The minimum atomic E-state index is -0.852. The van der Waals surface area contributed by atoms with E-state index in [1.54, 1.807) is 12.1 Å².